The maximum absolute atomic E-state index is 13.6. The second-order valence-corrected chi connectivity index (χ2v) is 3.95. The summed E-state index contributed by atoms with van der Waals surface area (Å²) in [6.45, 7) is 2.86. The van der Waals surface area contributed by atoms with Crippen LogP contribution >= 0.6 is 0 Å². The molecule has 3 heteroatoms. The maximum atomic E-state index is 13.6. The van der Waals surface area contributed by atoms with Crippen molar-refractivity contribution < 1.29 is 4.39 Å². The third-order valence-corrected chi connectivity index (χ3v) is 2.89. The molecule has 0 fully saturated rings. The van der Waals surface area contributed by atoms with E-state index in [-0.39, 0.29) is 5.82 Å². The highest BCUT2D eigenvalue weighted by Crippen LogP contribution is 2.13. The first kappa shape index (κ1) is 10.4. The highest BCUT2D eigenvalue weighted by molar-refractivity contribution is 6.52. The molecule has 1 nitrogen and oxygen atoms in total. The van der Waals surface area contributed by atoms with Gasteiger partial charge in [0.05, 0.1) is 0 Å². The van der Waals surface area contributed by atoms with Crippen LogP contribution in [0.3, 0.4) is 0 Å². The summed E-state index contributed by atoms with van der Waals surface area (Å²) in [6.07, 6.45) is 3.33. The van der Waals surface area contributed by atoms with Crippen LogP contribution < -0.4 is 5.46 Å². The number of hydrogen-bond donors (Lipinski definition) is 0. The molecule has 2 rings (SSSR count). The number of benzene rings is 1. The highest BCUT2D eigenvalue weighted by Gasteiger charge is 2.09. The van der Waals surface area contributed by atoms with Gasteiger partial charge in [-0.3, -0.25) is 4.99 Å². The molecule has 1 aliphatic heterocycles. The Bertz CT molecular complexity index is 387. The zero-order chi connectivity index (χ0) is 10.7. The van der Waals surface area contributed by atoms with E-state index in [0.29, 0.717) is 0 Å². The van der Waals surface area contributed by atoms with E-state index in [4.69, 9.17) is 0 Å². The molecular weight excluding hydrogens is 188 g/mol. The molecule has 15 heavy (non-hydrogen) atoms. The minimum atomic E-state index is -0.0942. The number of halogens is 1. The van der Waals surface area contributed by atoms with Crippen LogP contribution in [-0.2, 0) is 0 Å². The maximum Gasteiger partial charge on any atom is 0.158 e. The largest absolute Gasteiger partial charge is 0.289 e. The summed E-state index contributed by atoms with van der Waals surface area (Å²) in [5.41, 5.74) is 2.82. The topological polar surface area (TPSA) is 12.4 Å². The Morgan fingerprint density at radius 2 is 2.20 bits per heavy atom. The smallest absolute Gasteiger partial charge is 0.158 e. The van der Waals surface area contributed by atoms with Gasteiger partial charge in [-0.1, -0.05) is 19.0 Å². The SMILES string of the molecule is CBc1ccc(C2=NCCCC2)cc1F. The fraction of sp³-hybridized carbons (Fsp3) is 0.417. The first-order valence-corrected chi connectivity index (χ1v) is 5.63. The van der Waals surface area contributed by atoms with Crippen molar-refractivity contribution in [2.45, 2.75) is 26.1 Å². The number of aliphatic imine (C=N–C) groups is 1. The average Bonchev–Trinajstić information content (AvgIpc) is 2.30. The van der Waals surface area contributed by atoms with E-state index in [1.807, 2.05) is 19.0 Å². The molecule has 0 saturated heterocycles. The first-order valence-electron chi connectivity index (χ1n) is 5.63. The highest BCUT2D eigenvalue weighted by atomic mass is 19.1. The van der Waals surface area contributed by atoms with E-state index < -0.39 is 0 Å². The monoisotopic (exact) mass is 203 g/mol. The van der Waals surface area contributed by atoms with Crippen molar-refractivity contribution in [3.63, 3.8) is 0 Å². The van der Waals surface area contributed by atoms with E-state index in [1.54, 1.807) is 6.07 Å². The van der Waals surface area contributed by atoms with Gasteiger partial charge in [-0.15, -0.1) is 0 Å². The number of rotatable bonds is 2. The standard InChI is InChI=1S/C12H15BFN/c1-13-10-6-5-9(8-11(10)14)12-4-2-3-7-15-12/h5-6,8,13H,2-4,7H2,1H3. The molecular formula is C12H15BFN. The molecule has 0 aliphatic carbocycles. The van der Waals surface area contributed by atoms with Crippen molar-refractivity contribution in [1.29, 1.82) is 0 Å². The van der Waals surface area contributed by atoms with Crippen LogP contribution in [0.25, 0.3) is 0 Å². The van der Waals surface area contributed by atoms with E-state index >= 15 is 0 Å². The quantitative estimate of drug-likeness (QED) is 0.651. The Balaban J connectivity index is 2.29. The Morgan fingerprint density at radius 3 is 2.80 bits per heavy atom. The summed E-state index contributed by atoms with van der Waals surface area (Å²) in [4.78, 5) is 4.45. The van der Waals surface area contributed by atoms with Crippen LogP contribution in [0, 0.1) is 5.82 Å². The van der Waals surface area contributed by atoms with Crippen LogP contribution in [0.5, 0.6) is 0 Å². The van der Waals surface area contributed by atoms with Gasteiger partial charge in [0, 0.05) is 12.3 Å². The summed E-state index contributed by atoms with van der Waals surface area (Å²) in [5, 5.41) is 0. The predicted molar refractivity (Wildman–Crippen MR) is 64.3 cm³/mol. The Kier molecular flexibility index (Phi) is 3.19. The molecule has 0 bridgehead atoms. The van der Waals surface area contributed by atoms with Gasteiger partial charge >= 0.3 is 0 Å². The van der Waals surface area contributed by atoms with Crippen molar-refractivity contribution >= 4 is 18.5 Å². The number of hydrogen-bond acceptors (Lipinski definition) is 1. The molecule has 0 N–H and O–H groups in total. The molecule has 0 unspecified atom stereocenters. The Labute approximate surface area is 90.7 Å². The van der Waals surface area contributed by atoms with Crippen LogP contribution in [0.1, 0.15) is 24.8 Å². The molecule has 1 heterocycles. The van der Waals surface area contributed by atoms with Crippen molar-refractivity contribution in [2.75, 3.05) is 6.54 Å². The van der Waals surface area contributed by atoms with Gasteiger partial charge in [-0.25, -0.2) is 4.39 Å². The molecule has 0 amide bonds. The second-order valence-electron chi connectivity index (χ2n) is 3.95. The van der Waals surface area contributed by atoms with Crippen molar-refractivity contribution in [3.05, 3.63) is 29.6 Å². The fourth-order valence-corrected chi connectivity index (χ4v) is 1.95. The summed E-state index contributed by atoms with van der Waals surface area (Å²) >= 11 is 0. The first-order chi connectivity index (χ1) is 7.31. The van der Waals surface area contributed by atoms with Crippen LogP contribution in [-0.4, -0.2) is 19.5 Å². The predicted octanol–water partition coefficient (Wildman–Crippen LogP) is 1.91. The number of nitrogens with zero attached hydrogens (tertiary/aromatic N) is 1. The average molecular weight is 203 g/mol. The van der Waals surface area contributed by atoms with Gasteiger partial charge in [0.25, 0.3) is 0 Å². The van der Waals surface area contributed by atoms with Crippen LogP contribution in [0.4, 0.5) is 4.39 Å². The third-order valence-electron chi connectivity index (χ3n) is 2.89. The van der Waals surface area contributed by atoms with Gasteiger partial charge < -0.3 is 0 Å². The van der Waals surface area contributed by atoms with E-state index in [2.05, 4.69) is 4.99 Å². The lowest BCUT2D eigenvalue weighted by Crippen LogP contribution is -2.17. The zero-order valence-corrected chi connectivity index (χ0v) is 9.09. The molecule has 0 atom stereocenters. The van der Waals surface area contributed by atoms with Crippen molar-refractivity contribution in [2.24, 2.45) is 4.99 Å². The van der Waals surface area contributed by atoms with Crippen molar-refractivity contribution in [3.8, 4) is 0 Å². The minimum Gasteiger partial charge on any atom is -0.289 e. The van der Waals surface area contributed by atoms with Gasteiger partial charge in [-0.05, 0) is 36.4 Å². The van der Waals surface area contributed by atoms with Gasteiger partial charge in [0.15, 0.2) is 7.28 Å². The van der Waals surface area contributed by atoms with Gasteiger partial charge in [0.2, 0.25) is 0 Å². The van der Waals surface area contributed by atoms with E-state index in [1.165, 1.54) is 12.8 Å². The zero-order valence-electron chi connectivity index (χ0n) is 9.09. The fourth-order valence-electron chi connectivity index (χ4n) is 1.95. The third kappa shape index (κ3) is 2.28. The van der Waals surface area contributed by atoms with Crippen molar-refractivity contribution in [1.82, 2.24) is 0 Å². The summed E-state index contributed by atoms with van der Waals surface area (Å²) in [5.74, 6) is -0.0942. The van der Waals surface area contributed by atoms with Gasteiger partial charge in [-0.2, -0.15) is 0 Å². The molecule has 1 aliphatic rings. The van der Waals surface area contributed by atoms with E-state index in [9.17, 15) is 4.39 Å². The van der Waals surface area contributed by atoms with Crippen LogP contribution in [0.2, 0.25) is 6.82 Å². The normalized spacial score (nSPS) is 16.0. The second kappa shape index (κ2) is 4.60. The van der Waals surface area contributed by atoms with E-state index in [0.717, 1.165) is 37.0 Å². The lowest BCUT2D eigenvalue weighted by molar-refractivity contribution is 0.635. The van der Waals surface area contributed by atoms with Crippen LogP contribution in [0.15, 0.2) is 23.2 Å². The molecule has 1 aromatic rings. The molecule has 0 aromatic heterocycles. The molecule has 0 radical (unpaired) electrons. The van der Waals surface area contributed by atoms with Gasteiger partial charge in [0.1, 0.15) is 5.82 Å². The summed E-state index contributed by atoms with van der Waals surface area (Å²) in [6, 6.07) is 5.50. The molecule has 0 saturated carbocycles. The lowest BCUT2D eigenvalue weighted by atomic mass is 9.72. The lowest BCUT2D eigenvalue weighted by Gasteiger charge is -2.12. The molecule has 1 aromatic carbocycles. The Hall–Kier alpha value is -1.12. The molecule has 78 valence electrons. The Morgan fingerprint density at radius 1 is 1.33 bits per heavy atom. The summed E-state index contributed by atoms with van der Waals surface area (Å²) in [7, 11) is 0.749. The minimum absolute atomic E-state index is 0.0942. The summed E-state index contributed by atoms with van der Waals surface area (Å²) < 4.78 is 13.6. The molecule has 0 spiro atoms.